The van der Waals surface area contributed by atoms with Crippen molar-refractivity contribution in [3.8, 4) is 0 Å². The minimum absolute atomic E-state index is 0.154. The van der Waals surface area contributed by atoms with Gasteiger partial charge in [-0.15, -0.1) is 0 Å². The van der Waals surface area contributed by atoms with Gasteiger partial charge in [0.25, 0.3) is 0 Å². The molecule has 0 unspecified atom stereocenters. The maximum atomic E-state index is 12.1. The smallest absolute Gasteiger partial charge is 0.221 e. The summed E-state index contributed by atoms with van der Waals surface area (Å²) in [4.78, 5) is 16.9. The second kappa shape index (κ2) is 7.90. The standard InChI is InChI=1S/C18H28N4O/c1-2-21-7-9-22(10-8-21)6-5-18(23)20-12-15-3-4-16-13-19-14-17(16)11-15/h3-4,11,19H,2,5-10,12-14H2,1H3,(H,20,23). The first-order chi connectivity index (χ1) is 11.2. The molecule has 5 nitrogen and oxygen atoms in total. The van der Waals surface area contributed by atoms with Crippen LogP contribution in [0.2, 0.25) is 0 Å². The van der Waals surface area contributed by atoms with Crippen LogP contribution in [0, 0.1) is 0 Å². The molecule has 1 amide bonds. The van der Waals surface area contributed by atoms with Crippen LogP contribution in [0.25, 0.3) is 0 Å². The van der Waals surface area contributed by atoms with Gasteiger partial charge in [0.15, 0.2) is 0 Å². The number of likely N-dealkylation sites (N-methyl/N-ethyl adjacent to an activating group) is 1. The van der Waals surface area contributed by atoms with Crippen LogP contribution in [0.15, 0.2) is 18.2 Å². The summed E-state index contributed by atoms with van der Waals surface area (Å²) in [6.45, 7) is 11.2. The number of carbonyl (C=O) groups excluding carboxylic acids is 1. The first-order valence-corrected chi connectivity index (χ1v) is 8.77. The highest BCUT2D eigenvalue weighted by Crippen LogP contribution is 2.16. The van der Waals surface area contributed by atoms with Crippen molar-refractivity contribution in [3.63, 3.8) is 0 Å². The fourth-order valence-corrected chi connectivity index (χ4v) is 3.34. The molecule has 2 aliphatic heterocycles. The Morgan fingerprint density at radius 2 is 1.87 bits per heavy atom. The van der Waals surface area contributed by atoms with Crippen LogP contribution in [0.4, 0.5) is 0 Å². The summed E-state index contributed by atoms with van der Waals surface area (Å²) in [6, 6.07) is 6.50. The summed E-state index contributed by atoms with van der Waals surface area (Å²) in [5.41, 5.74) is 3.94. The Labute approximate surface area is 139 Å². The molecule has 2 heterocycles. The van der Waals surface area contributed by atoms with Crippen LogP contribution in [-0.4, -0.2) is 55.0 Å². The van der Waals surface area contributed by atoms with Crippen LogP contribution >= 0.6 is 0 Å². The van der Waals surface area contributed by atoms with E-state index in [1.807, 2.05) is 0 Å². The summed E-state index contributed by atoms with van der Waals surface area (Å²) >= 11 is 0. The van der Waals surface area contributed by atoms with Gasteiger partial charge >= 0.3 is 0 Å². The van der Waals surface area contributed by atoms with E-state index in [0.717, 1.165) is 52.4 Å². The lowest BCUT2D eigenvalue weighted by Gasteiger charge is -2.33. The Morgan fingerprint density at radius 3 is 2.65 bits per heavy atom. The molecule has 0 aromatic heterocycles. The largest absolute Gasteiger partial charge is 0.352 e. The maximum absolute atomic E-state index is 12.1. The molecular weight excluding hydrogens is 288 g/mol. The van der Waals surface area contributed by atoms with Crippen molar-refractivity contribution in [2.75, 3.05) is 39.3 Å². The second-order valence-corrected chi connectivity index (χ2v) is 6.51. The van der Waals surface area contributed by atoms with E-state index in [4.69, 9.17) is 0 Å². The summed E-state index contributed by atoms with van der Waals surface area (Å²) in [7, 11) is 0. The van der Waals surface area contributed by atoms with Crippen molar-refractivity contribution in [1.29, 1.82) is 0 Å². The highest BCUT2D eigenvalue weighted by atomic mass is 16.1. The Balaban J connectivity index is 1.37. The van der Waals surface area contributed by atoms with Crippen molar-refractivity contribution >= 4 is 5.91 Å². The highest BCUT2D eigenvalue weighted by molar-refractivity contribution is 5.76. The van der Waals surface area contributed by atoms with Crippen molar-refractivity contribution in [1.82, 2.24) is 20.4 Å². The average Bonchev–Trinajstić information content (AvgIpc) is 3.06. The molecule has 0 radical (unpaired) electrons. The van der Waals surface area contributed by atoms with E-state index in [1.165, 1.54) is 16.7 Å². The summed E-state index contributed by atoms with van der Waals surface area (Å²) in [5.74, 6) is 0.154. The lowest BCUT2D eigenvalue weighted by molar-refractivity contribution is -0.121. The number of benzene rings is 1. The lowest BCUT2D eigenvalue weighted by atomic mass is 10.1. The number of hydrogen-bond acceptors (Lipinski definition) is 4. The molecule has 2 N–H and O–H groups in total. The van der Waals surface area contributed by atoms with E-state index in [9.17, 15) is 4.79 Å². The van der Waals surface area contributed by atoms with Crippen LogP contribution in [0.3, 0.4) is 0 Å². The molecule has 3 rings (SSSR count). The molecule has 23 heavy (non-hydrogen) atoms. The molecule has 1 fully saturated rings. The van der Waals surface area contributed by atoms with E-state index in [2.05, 4.69) is 45.6 Å². The van der Waals surface area contributed by atoms with Crippen LogP contribution in [0.5, 0.6) is 0 Å². The van der Waals surface area contributed by atoms with Crippen molar-refractivity contribution in [2.45, 2.75) is 33.0 Å². The highest BCUT2D eigenvalue weighted by Gasteiger charge is 2.16. The van der Waals surface area contributed by atoms with E-state index < -0.39 is 0 Å². The predicted octanol–water partition coefficient (Wildman–Crippen LogP) is 0.934. The zero-order valence-electron chi connectivity index (χ0n) is 14.1. The molecule has 0 saturated carbocycles. The first kappa shape index (κ1) is 16.4. The normalized spacial score (nSPS) is 18.8. The van der Waals surface area contributed by atoms with E-state index in [-0.39, 0.29) is 5.91 Å². The zero-order valence-corrected chi connectivity index (χ0v) is 14.1. The second-order valence-electron chi connectivity index (χ2n) is 6.51. The Kier molecular flexibility index (Phi) is 5.65. The number of amides is 1. The number of fused-ring (bicyclic) bond motifs is 1. The third kappa shape index (κ3) is 4.53. The molecule has 0 atom stereocenters. The number of hydrogen-bond donors (Lipinski definition) is 2. The fraction of sp³-hybridized carbons (Fsp3) is 0.611. The molecule has 5 heteroatoms. The van der Waals surface area contributed by atoms with E-state index >= 15 is 0 Å². The first-order valence-electron chi connectivity index (χ1n) is 8.77. The van der Waals surface area contributed by atoms with Crippen LogP contribution in [-0.2, 0) is 24.4 Å². The minimum Gasteiger partial charge on any atom is -0.352 e. The van der Waals surface area contributed by atoms with E-state index in [1.54, 1.807) is 0 Å². The topological polar surface area (TPSA) is 47.6 Å². The third-order valence-corrected chi connectivity index (χ3v) is 4.96. The Morgan fingerprint density at radius 1 is 1.13 bits per heavy atom. The van der Waals surface area contributed by atoms with Gasteiger partial charge < -0.3 is 20.4 Å². The maximum Gasteiger partial charge on any atom is 0.221 e. The predicted molar refractivity (Wildman–Crippen MR) is 92.0 cm³/mol. The number of nitrogens with one attached hydrogen (secondary N) is 2. The Bertz CT molecular complexity index is 538. The van der Waals surface area contributed by atoms with Gasteiger partial charge in [-0.3, -0.25) is 4.79 Å². The average molecular weight is 316 g/mol. The third-order valence-electron chi connectivity index (χ3n) is 4.96. The molecule has 0 aliphatic carbocycles. The molecule has 1 saturated heterocycles. The van der Waals surface area contributed by atoms with Gasteiger partial charge in [-0.2, -0.15) is 0 Å². The molecule has 0 bridgehead atoms. The minimum atomic E-state index is 0.154. The van der Waals surface area contributed by atoms with Gasteiger partial charge in [0.05, 0.1) is 0 Å². The van der Waals surface area contributed by atoms with Gasteiger partial charge in [0.2, 0.25) is 5.91 Å². The lowest BCUT2D eigenvalue weighted by Crippen LogP contribution is -2.46. The molecule has 0 spiro atoms. The Hall–Kier alpha value is -1.43. The van der Waals surface area contributed by atoms with Crippen molar-refractivity contribution in [2.24, 2.45) is 0 Å². The molecule has 126 valence electrons. The van der Waals surface area contributed by atoms with Crippen LogP contribution in [0.1, 0.15) is 30.0 Å². The SMILES string of the molecule is CCN1CCN(CCC(=O)NCc2ccc3c(c2)CNC3)CC1. The monoisotopic (exact) mass is 316 g/mol. The number of carbonyl (C=O) groups is 1. The molecule has 1 aromatic carbocycles. The molecule has 2 aliphatic rings. The van der Waals surface area contributed by atoms with E-state index in [0.29, 0.717) is 13.0 Å². The van der Waals surface area contributed by atoms with Crippen LogP contribution < -0.4 is 10.6 Å². The van der Waals surface area contributed by atoms with Crippen molar-refractivity contribution < 1.29 is 4.79 Å². The quantitative estimate of drug-likeness (QED) is 0.820. The number of piperazine rings is 1. The van der Waals surface area contributed by atoms with Gasteiger partial charge in [-0.1, -0.05) is 25.1 Å². The van der Waals surface area contributed by atoms with Gasteiger partial charge in [-0.05, 0) is 23.2 Å². The van der Waals surface area contributed by atoms with Gasteiger partial charge in [0.1, 0.15) is 0 Å². The molecular formula is C18H28N4O. The summed E-state index contributed by atoms with van der Waals surface area (Å²) in [5, 5.41) is 6.40. The fourth-order valence-electron chi connectivity index (χ4n) is 3.34. The summed E-state index contributed by atoms with van der Waals surface area (Å²) < 4.78 is 0. The van der Waals surface area contributed by atoms with Gasteiger partial charge in [-0.25, -0.2) is 0 Å². The zero-order chi connectivity index (χ0) is 16.1. The number of rotatable bonds is 6. The summed E-state index contributed by atoms with van der Waals surface area (Å²) in [6.07, 6.45) is 0.596. The molecule has 1 aromatic rings. The number of nitrogens with zero attached hydrogens (tertiary/aromatic N) is 2. The van der Waals surface area contributed by atoms with Gasteiger partial charge in [0, 0.05) is 58.8 Å². The van der Waals surface area contributed by atoms with Crippen molar-refractivity contribution in [3.05, 3.63) is 34.9 Å².